The number of nitrogens with zero attached hydrogens (tertiary/aromatic N) is 5. The van der Waals surface area contributed by atoms with E-state index in [9.17, 15) is 4.79 Å². The molecule has 0 aliphatic carbocycles. The highest BCUT2D eigenvalue weighted by Gasteiger charge is 2.16. The van der Waals surface area contributed by atoms with Gasteiger partial charge in [-0.2, -0.15) is 10.2 Å². The molecule has 0 saturated carbocycles. The van der Waals surface area contributed by atoms with Gasteiger partial charge in [-0.05, 0) is 37.3 Å². The minimum absolute atomic E-state index is 0.157. The summed E-state index contributed by atoms with van der Waals surface area (Å²) in [5, 5.41) is 9.11. The van der Waals surface area contributed by atoms with Crippen LogP contribution in [0.25, 0.3) is 0 Å². The Labute approximate surface area is 156 Å². The van der Waals surface area contributed by atoms with Gasteiger partial charge >= 0.3 is 0 Å². The number of hydrogen-bond acceptors (Lipinski definition) is 4. The summed E-state index contributed by atoms with van der Waals surface area (Å²) in [4.78, 5) is 14.2. The fraction of sp³-hybridized carbons (Fsp3) is 0.278. The van der Waals surface area contributed by atoms with E-state index in [4.69, 9.17) is 16.3 Å². The molecular weight excluding hydrogens is 354 g/mol. The van der Waals surface area contributed by atoms with Gasteiger partial charge < -0.3 is 9.64 Å². The van der Waals surface area contributed by atoms with Crippen LogP contribution >= 0.6 is 11.6 Å². The molecule has 8 heteroatoms. The van der Waals surface area contributed by atoms with E-state index >= 15 is 0 Å². The van der Waals surface area contributed by atoms with Crippen LogP contribution in [0.3, 0.4) is 0 Å². The molecule has 0 fully saturated rings. The summed E-state index contributed by atoms with van der Waals surface area (Å²) in [6.07, 6.45) is 3.45. The number of hydrogen-bond donors (Lipinski definition) is 0. The van der Waals surface area contributed by atoms with Crippen molar-refractivity contribution in [1.29, 1.82) is 0 Å². The quantitative estimate of drug-likeness (QED) is 0.638. The molecule has 0 radical (unpaired) electrons. The minimum atomic E-state index is -0.157. The van der Waals surface area contributed by atoms with Crippen molar-refractivity contribution < 1.29 is 9.53 Å². The molecule has 3 aromatic rings. The molecule has 0 bridgehead atoms. The molecule has 0 atom stereocenters. The lowest BCUT2D eigenvalue weighted by Crippen LogP contribution is -2.28. The van der Waals surface area contributed by atoms with Crippen LogP contribution in [0, 0.1) is 0 Å². The molecule has 2 heterocycles. The van der Waals surface area contributed by atoms with Crippen LogP contribution in [0.5, 0.6) is 5.75 Å². The molecule has 1 amide bonds. The Bertz CT molecular complexity index is 889. The van der Waals surface area contributed by atoms with Crippen molar-refractivity contribution in [2.75, 3.05) is 7.05 Å². The lowest BCUT2D eigenvalue weighted by molar-refractivity contribution is 0.0773. The van der Waals surface area contributed by atoms with Crippen molar-refractivity contribution in [3.8, 4) is 5.75 Å². The molecule has 7 nitrogen and oxygen atoms in total. The standard InChI is InChI=1S/C18H20ClN5O2/c1-3-24-15(7-9-20-24)12-22(2)18(25)17-8-10-23(21-17)13-26-16-6-4-5-14(19)11-16/h4-11H,3,12-13H2,1-2H3. The largest absolute Gasteiger partial charge is 0.471 e. The van der Waals surface area contributed by atoms with Crippen molar-refractivity contribution in [3.63, 3.8) is 0 Å². The average Bonchev–Trinajstić information content (AvgIpc) is 3.28. The Kier molecular flexibility index (Phi) is 5.58. The van der Waals surface area contributed by atoms with Crippen molar-refractivity contribution in [3.05, 3.63) is 65.2 Å². The van der Waals surface area contributed by atoms with Gasteiger partial charge in [0.1, 0.15) is 5.75 Å². The second-order valence-electron chi connectivity index (χ2n) is 5.77. The molecule has 136 valence electrons. The van der Waals surface area contributed by atoms with E-state index in [1.54, 1.807) is 47.2 Å². The first-order chi connectivity index (χ1) is 12.6. The fourth-order valence-electron chi connectivity index (χ4n) is 2.53. The van der Waals surface area contributed by atoms with E-state index in [-0.39, 0.29) is 12.6 Å². The third-order valence-corrected chi connectivity index (χ3v) is 4.10. The van der Waals surface area contributed by atoms with E-state index in [0.717, 1.165) is 12.2 Å². The maximum atomic E-state index is 12.6. The van der Waals surface area contributed by atoms with Crippen LogP contribution in [-0.2, 0) is 19.8 Å². The Morgan fingerprint density at radius 3 is 2.92 bits per heavy atom. The molecule has 0 aliphatic heterocycles. The van der Waals surface area contributed by atoms with Crippen molar-refractivity contribution >= 4 is 17.5 Å². The third-order valence-electron chi connectivity index (χ3n) is 3.87. The SMILES string of the molecule is CCn1nccc1CN(C)C(=O)c1ccn(COc2cccc(Cl)c2)n1. The number of benzene rings is 1. The Balaban J connectivity index is 1.60. The number of amides is 1. The molecule has 26 heavy (non-hydrogen) atoms. The molecule has 0 saturated heterocycles. The van der Waals surface area contributed by atoms with Crippen LogP contribution in [0.15, 0.2) is 48.8 Å². The number of aromatic nitrogens is 4. The first kappa shape index (κ1) is 18.0. The number of carbonyl (C=O) groups excluding carboxylic acids is 1. The Morgan fingerprint density at radius 2 is 2.15 bits per heavy atom. The molecule has 0 spiro atoms. The molecule has 0 N–H and O–H groups in total. The van der Waals surface area contributed by atoms with Gasteiger partial charge in [0.15, 0.2) is 12.4 Å². The Morgan fingerprint density at radius 1 is 1.31 bits per heavy atom. The van der Waals surface area contributed by atoms with Crippen LogP contribution in [0.2, 0.25) is 5.02 Å². The van der Waals surface area contributed by atoms with Gasteiger partial charge in [-0.25, -0.2) is 4.68 Å². The molecule has 2 aromatic heterocycles. The topological polar surface area (TPSA) is 65.2 Å². The summed E-state index contributed by atoms with van der Waals surface area (Å²) in [7, 11) is 1.75. The highest BCUT2D eigenvalue weighted by Crippen LogP contribution is 2.17. The lowest BCUT2D eigenvalue weighted by atomic mass is 10.3. The minimum Gasteiger partial charge on any atom is -0.471 e. The van der Waals surface area contributed by atoms with Gasteiger partial charge in [-0.3, -0.25) is 9.48 Å². The summed E-state index contributed by atoms with van der Waals surface area (Å²) in [6, 6.07) is 10.7. The maximum absolute atomic E-state index is 12.6. The highest BCUT2D eigenvalue weighted by molar-refractivity contribution is 6.30. The normalized spacial score (nSPS) is 10.7. The van der Waals surface area contributed by atoms with Gasteiger partial charge in [0.05, 0.1) is 12.2 Å². The lowest BCUT2D eigenvalue weighted by Gasteiger charge is -2.16. The average molecular weight is 374 g/mol. The summed E-state index contributed by atoms with van der Waals surface area (Å²) < 4.78 is 9.05. The van der Waals surface area contributed by atoms with Crippen LogP contribution in [-0.4, -0.2) is 37.4 Å². The van der Waals surface area contributed by atoms with Gasteiger partial charge in [0.25, 0.3) is 5.91 Å². The van der Waals surface area contributed by atoms with E-state index in [1.165, 1.54) is 0 Å². The first-order valence-electron chi connectivity index (χ1n) is 8.25. The summed E-state index contributed by atoms with van der Waals surface area (Å²) in [6.45, 7) is 3.44. The zero-order chi connectivity index (χ0) is 18.5. The van der Waals surface area contributed by atoms with Gasteiger partial charge in [-0.15, -0.1) is 0 Å². The number of rotatable bonds is 7. The molecule has 1 aromatic carbocycles. The van der Waals surface area contributed by atoms with Crippen LogP contribution < -0.4 is 4.74 Å². The second-order valence-corrected chi connectivity index (χ2v) is 6.21. The molecular formula is C18H20ClN5O2. The molecule has 3 rings (SSSR count). The number of aryl methyl sites for hydroxylation is 1. The van der Waals surface area contributed by atoms with Crippen LogP contribution in [0.4, 0.5) is 0 Å². The van der Waals surface area contributed by atoms with E-state index in [0.29, 0.717) is 23.0 Å². The predicted octanol–water partition coefficient (Wildman–Crippen LogP) is 3.06. The summed E-state index contributed by atoms with van der Waals surface area (Å²) in [5.41, 5.74) is 1.34. The van der Waals surface area contributed by atoms with Gasteiger partial charge in [0.2, 0.25) is 0 Å². The smallest absolute Gasteiger partial charge is 0.274 e. The zero-order valence-electron chi connectivity index (χ0n) is 14.7. The second kappa shape index (κ2) is 8.05. The monoisotopic (exact) mass is 373 g/mol. The third kappa shape index (κ3) is 4.23. The first-order valence-corrected chi connectivity index (χ1v) is 8.62. The van der Waals surface area contributed by atoms with Gasteiger partial charge in [0, 0.05) is 31.0 Å². The van der Waals surface area contributed by atoms with E-state index in [1.807, 2.05) is 29.8 Å². The van der Waals surface area contributed by atoms with E-state index in [2.05, 4.69) is 10.2 Å². The van der Waals surface area contributed by atoms with Gasteiger partial charge in [-0.1, -0.05) is 17.7 Å². The zero-order valence-corrected chi connectivity index (χ0v) is 15.4. The molecule has 0 aliphatic rings. The maximum Gasteiger partial charge on any atom is 0.274 e. The number of carbonyl (C=O) groups is 1. The van der Waals surface area contributed by atoms with Crippen molar-refractivity contribution in [2.45, 2.75) is 26.7 Å². The van der Waals surface area contributed by atoms with Crippen molar-refractivity contribution in [2.24, 2.45) is 0 Å². The highest BCUT2D eigenvalue weighted by atomic mass is 35.5. The predicted molar refractivity (Wildman–Crippen MR) is 98.0 cm³/mol. The summed E-state index contributed by atoms with van der Waals surface area (Å²) in [5.74, 6) is 0.487. The van der Waals surface area contributed by atoms with Crippen molar-refractivity contribution in [1.82, 2.24) is 24.5 Å². The van der Waals surface area contributed by atoms with Crippen LogP contribution in [0.1, 0.15) is 23.1 Å². The number of halogens is 1. The fourth-order valence-corrected chi connectivity index (χ4v) is 2.71. The van der Waals surface area contributed by atoms with E-state index < -0.39 is 0 Å². The number of ether oxygens (including phenoxy) is 1. The molecule has 0 unspecified atom stereocenters. The summed E-state index contributed by atoms with van der Waals surface area (Å²) >= 11 is 5.93. The Hall–Kier alpha value is -2.80.